The molecule has 3 nitrogen and oxygen atoms in total. The van der Waals surface area contributed by atoms with E-state index in [9.17, 15) is 4.79 Å². The molecule has 104 valence electrons. The normalized spacial score (nSPS) is 19.1. The van der Waals surface area contributed by atoms with Gasteiger partial charge in [-0.05, 0) is 38.4 Å². The zero-order chi connectivity index (χ0) is 13.9. The molecule has 1 aromatic rings. The third-order valence-electron chi connectivity index (χ3n) is 3.94. The molecule has 1 fully saturated rings. The number of rotatable bonds is 3. The minimum absolute atomic E-state index is 0.0713. The fourth-order valence-electron chi connectivity index (χ4n) is 2.47. The van der Waals surface area contributed by atoms with E-state index < -0.39 is 0 Å². The predicted molar refractivity (Wildman–Crippen MR) is 78.7 cm³/mol. The van der Waals surface area contributed by atoms with Gasteiger partial charge in [0.1, 0.15) is 0 Å². The second-order valence-corrected chi connectivity index (χ2v) is 5.84. The Bertz CT molecular complexity index is 453. The molecule has 1 aliphatic rings. The van der Waals surface area contributed by atoms with Crippen molar-refractivity contribution in [1.82, 2.24) is 10.2 Å². The summed E-state index contributed by atoms with van der Waals surface area (Å²) in [7, 11) is 0. The highest BCUT2D eigenvalue weighted by Crippen LogP contribution is 2.23. The van der Waals surface area contributed by atoms with Crippen LogP contribution in [0.5, 0.6) is 0 Å². The van der Waals surface area contributed by atoms with Crippen molar-refractivity contribution < 1.29 is 4.79 Å². The van der Waals surface area contributed by atoms with Gasteiger partial charge in [0, 0.05) is 18.6 Å². The molecule has 0 atom stereocenters. The highest BCUT2D eigenvalue weighted by atomic mass is 35.5. The molecule has 4 heteroatoms. The molecule has 0 aromatic heterocycles. The number of piperidine rings is 1. The summed E-state index contributed by atoms with van der Waals surface area (Å²) in [5.74, 6) is -0.0713. The van der Waals surface area contributed by atoms with E-state index in [0.29, 0.717) is 10.6 Å². The summed E-state index contributed by atoms with van der Waals surface area (Å²) in [6, 6.07) is 7.18. The van der Waals surface area contributed by atoms with Crippen LogP contribution in [-0.4, -0.2) is 36.0 Å². The molecule has 1 aromatic carbocycles. The number of hydrogen-bond acceptors (Lipinski definition) is 2. The molecule has 1 heterocycles. The predicted octanol–water partition coefficient (Wildman–Crippen LogP) is 2.94. The molecule has 19 heavy (non-hydrogen) atoms. The van der Waals surface area contributed by atoms with E-state index >= 15 is 0 Å². The molecule has 2 rings (SSSR count). The number of carbonyl (C=O) groups is 1. The van der Waals surface area contributed by atoms with Crippen LogP contribution in [0.15, 0.2) is 24.3 Å². The largest absolute Gasteiger partial charge is 0.347 e. The summed E-state index contributed by atoms with van der Waals surface area (Å²) in [5.41, 5.74) is 0.436. The Morgan fingerprint density at radius 1 is 1.37 bits per heavy atom. The van der Waals surface area contributed by atoms with Crippen LogP contribution < -0.4 is 5.32 Å². The number of nitrogens with zero attached hydrogens (tertiary/aromatic N) is 1. The van der Waals surface area contributed by atoms with E-state index in [2.05, 4.69) is 24.1 Å². The topological polar surface area (TPSA) is 32.3 Å². The summed E-state index contributed by atoms with van der Waals surface area (Å²) in [5, 5.41) is 3.66. The van der Waals surface area contributed by atoms with Gasteiger partial charge in [0.15, 0.2) is 0 Å². The van der Waals surface area contributed by atoms with Crippen LogP contribution in [0.25, 0.3) is 0 Å². The Morgan fingerprint density at radius 3 is 2.58 bits per heavy atom. The van der Waals surface area contributed by atoms with Crippen molar-refractivity contribution in [2.45, 2.75) is 32.2 Å². The lowest BCUT2D eigenvalue weighted by atomic mass is 9.89. The molecule has 0 unspecified atom stereocenters. The van der Waals surface area contributed by atoms with Crippen LogP contribution in [0.2, 0.25) is 5.02 Å². The Kier molecular flexibility index (Phi) is 4.48. The average molecular weight is 281 g/mol. The number of halogens is 1. The lowest BCUT2D eigenvalue weighted by Gasteiger charge is -2.39. The van der Waals surface area contributed by atoms with Gasteiger partial charge in [-0.25, -0.2) is 0 Å². The molecular weight excluding hydrogens is 260 g/mol. The number of benzene rings is 1. The Morgan fingerprint density at radius 2 is 2.00 bits per heavy atom. The monoisotopic (exact) mass is 280 g/mol. The van der Waals surface area contributed by atoms with E-state index in [-0.39, 0.29) is 11.4 Å². The molecule has 1 saturated heterocycles. The van der Waals surface area contributed by atoms with Crippen molar-refractivity contribution >= 4 is 17.5 Å². The Balaban J connectivity index is 2.01. The van der Waals surface area contributed by atoms with E-state index in [1.807, 2.05) is 12.1 Å². The van der Waals surface area contributed by atoms with Gasteiger partial charge in [-0.2, -0.15) is 0 Å². The highest BCUT2D eigenvalue weighted by Gasteiger charge is 2.31. The van der Waals surface area contributed by atoms with Crippen molar-refractivity contribution in [3.8, 4) is 0 Å². The minimum Gasteiger partial charge on any atom is -0.347 e. The van der Waals surface area contributed by atoms with Gasteiger partial charge in [-0.15, -0.1) is 0 Å². The standard InChI is InChI=1S/C15H21ClN2O/c1-3-18-10-8-15(2,9-11-18)17-14(19)12-6-4-5-7-13(12)16/h4-7H,3,8-11H2,1-2H3,(H,17,19). The second-order valence-electron chi connectivity index (χ2n) is 5.43. The summed E-state index contributed by atoms with van der Waals surface area (Å²) in [4.78, 5) is 14.7. The zero-order valence-electron chi connectivity index (χ0n) is 11.6. The number of nitrogens with one attached hydrogen (secondary N) is 1. The lowest BCUT2D eigenvalue weighted by Crippen LogP contribution is -2.53. The average Bonchev–Trinajstić information content (AvgIpc) is 2.39. The van der Waals surface area contributed by atoms with Crippen molar-refractivity contribution in [1.29, 1.82) is 0 Å². The number of carbonyl (C=O) groups excluding carboxylic acids is 1. The third kappa shape index (κ3) is 3.48. The van der Waals surface area contributed by atoms with Crippen molar-refractivity contribution in [3.05, 3.63) is 34.9 Å². The minimum atomic E-state index is -0.123. The van der Waals surface area contributed by atoms with Crippen molar-refractivity contribution in [2.24, 2.45) is 0 Å². The first-order valence-electron chi connectivity index (χ1n) is 6.83. The van der Waals surface area contributed by atoms with Gasteiger partial charge in [0.05, 0.1) is 10.6 Å². The molecular formula is C15H21ClN2O. The molecule has 1 N–H and O–H groups in total. The van der Waals surface area contributed by atoms with E-state index in [0.717, 1.165) is 32.5 Å². The quantitative estimate of drug-likeness (QED) is 0.923. The first-order chi connectivity index (χ1) is 9.04. The number of likely N-dealkylation sites (tertiary alicyclic amines) is 1. The van der Waals surface area contributed by atoms with Gasteiger partial charge < -0.3 is 10.2 Å². The summed E-state index contributed by atoms with van der Waals surface area (Å²) >= 11 is 6.06. The molecule has 1 amide bonds. The van der Waals surface area contributed by atoms with Crippen LogP contribution in [0.4, 0.5) is 0 Å². The first kappa shape index (κ1) is 14.4. The molecule has 0 spiro atoms. The molecule has 0 bridgehead atoms. The maximum atomic E-state index is 12.3. The summed E-state index contributed by atoms with van der Waals surface area (Å²) in [6.45, 7) is 7.44. The molecule has 0 saturated carbocycles. The van der Waals surface area contributed by atoms with Gasteiger partial charge in [0.25, 0.3) is 5.91 Å². The SMILES string of the molecule is CCN1CCC(C)(NC(=O)c2ccccc2Cl)CC1. The van der Waals surface area contributed by atoms with Crippen LogP contribution in [0.3, 0.4) is 0 Å². The van der Waals surface area contributed by atoms with Gasteiger partial charge in [0.2, 0.25) is 0 Å². The zero-order valence-corrected chi connectivity index (χ0v) is 12.3. The fraction of sp³-hybridized carbons (Fsp3) is 0.533. The van der Waals surface area contributed by atoms with Crippen LogP contribution in [-0.2, 0) is 0 Å². The van der Waals surface area contributed by atoms with E-state index in [1.54, 1.807) is 12.1 Å². The lowest BCUT2D eigenvalue weighted by molar-refractivity contribution is 0.0839. The molecule has 0 aliphatic carbocycles. The van der Waals surface area contributed by atoms with Crippen LogP contribution >= 0.6 is 11.6 Å². The number of hydrogen-bond donors (Lipinski definition) is 1. The molecule has 1 aliphatic heterocycles. The first-order valence-corrected chi connectivity index (χ1v) is 7.21. The van der Waals surface area contributed by atoms with Crippen LogP contribution in [0.1, 0.15) is 37.0 Å². The smallest absolute Gasteiger partial charge is 0.253 e. The van der Waals surface area contributed by atoms with E-state index in [4.69, 9.17) is 11.6 Å². The van der Waals surface area contributed by atoms with Gasteiger partial charge >= 0.3 is 0 Å². The van der Waals surface area contributed by atoms with Crippen LogP contribution in [0, 0.1) is 0 Å². The van der Waals surface area contributed by atoms with E-state index in [1.165, 1.54) is 0 Å². The fourth-order valence-corrected chi connectivity index (χ4v) is 2.70. The second kappa shape index (κ2) is 5.93. The Hall–Kier alpha value is -1.06. The van der Waals surface area contributed by atoms with Crippen molar-refractivity contribution in [3.63, 3.8) is 0 Å². The van der Waals surface area contributed by atoms with Gasteiger partial charge in [-0.3, -0.25) is 4.79 Å². The molecule has 0 radical (unpaired) electrons. The van der Waals surface area contributed by atoms with Gasteiger partial charge in [-0.1, -0.05) is 30.7 Å². The Labute approximate surface area is 119 Å². The maximum Gasteiger partial charge on any atom is 0.253 e. The number of amides is 1. The maximum absolute atomic E-state index is 12.3. The third-order valence-corrected chi connectivity index (χ3v) is 4.27. The summed E-state index contributed by atoms with van der Waals surface area (Å²) < 4.78 is 0. The van der Waals surface area contributed by atoms with Crippen molar-refractivity contribution in [2.75, 3.05) is 19.6 Å². The highest BCUT2D eigenvalue weighted by molar-refractivity contribution is 6.33. The summed E-state index contributed by atoms with van der Waals surface area (Å²) in [6.07, 6.45) is 1.97.